The molecule has 4 aliphatic rings. The second-order valence-electron chi connectivity index (χ2n) is 9.53. The van der Waals surface area contributed by atoms with Crippen molar-refractivity contribution in [3.8, 4) is 0 Å². The maximum absolute atomic E-state index is 12.9. The molecule has 6 nitrogen and oxygen atoms in total. The van der Waals surface area contributed by atoms with Crippen LogP contribution in [0.1, 0.15) is 69.8 Å². The summed E-state index contributed by atoms with van der Waals surface area (Å²) >= 11 is 0. The molecule has 2 amide bonds. The molecule has 1 aromatic rings. The second kappa shape index (κ2) is 8.12. The van der Waals surface area contributed by atoms with E-state index >= 15 is 0 Å². The Morgan fingerprint density at radius 1 is 1.00 bits per heavy atom. The molecule has 3 heterocycles. The number of benzene rings is 1. The summed E-state index contributed by atoms with van der Waals surface area (Å²) < 4.78 is 11.7. The summed E-state index contributed by atoms with van der Waals surface area (Å²) in [4.78, 5) is 29.6. The number of piperidine rings is 1. The summed E-state index contributed by atoms with van der Waals surface area (Å²) in [7, 11) is 0. The van der Waals surface area contributed by atoms with E-state index in [0.29, 0.717) is 12.6 Å². The lowest BCUT2D eigenvalue weighted by Gasteiger charge is -2.50. The van der Waals surface area contributed by atoms with Gasteiger partial charge in [0.2, 0.25) is 0 Å². The Bertz CT molecular complexity index is 763. The average molecular weight is 413 g/mol. The molecule has 30 heavy (non-hydrogen) atoms. The van der Waals surface area contributed by atoms with E-state index in [-0.39, 0.29) is 24.3 Å². The zero-order valence-electron chi connectivity index (χ0n) is 17.6. The predicted molar refractivity (Wildman–Crippen MR) is 112 cm³/mol. The lowest BCUT2D eigenvalue weighted by molar-refractivity contribution is -0.102. The number of ether oxygens (including phenoxy) is 2. The molecule has 6 heteroatoms. The minimum absolute atomic E-state index is 0.112. The van der Waals surface area contributed by atoms with Crippen molar-refractivity contribution in [1.82, 2.24) is 9.80 Å². The lowest BCUT2D eigenvalue weighted by atomic mass is 9.82. The van der Waals surface area contributed by atoms with Crippen LogP contribution in [0.5, 0.6) is 0 Å². The summed E-state index contributed by atoms with van der Waals surface area (Å²) in [6.07, 6.45) is 9.87. The van der Waals surface area contributed by atoms with Gasteiger partial charge in [0.15, 0.2) is 0 Å². The van der Waals surface area contributed by atoms with Crippen molar-refractivity contribution in [1.29, 1.82) is 0 Å². The van der Waals surface area contributed by atoms with E-state index in [9.17, 15) is 9.59 Å². The third-order valence-electron chi connectivity index (χ3n) is 7.61. The fraction of sp³-hybridized carbons (Fsp3) is 0.667. The van der Waals surface area contributed by atoms with E-state index in [0.717, 1.165) is 57.1 Å². The number of carbonyl (C=O) groups excluding carboxylic acids is 2. The van der Waals surface area contributed by atoms with Crippen LogP contribution >= 0.6 is 0 Å². The number of fused-ring (bicyclic) bond motifs is 2. The molecule has 1 unspecified atom stereocenters. The standard InChI is InChI=1S/C24H32N2O4/c27-22-25(19-9-5-2-6-10-19)14-13-24(30-22)15-20-11-12-21(16-24)26(20)23(28)29-17-18-7-3-1-4-8-18/h1,3-4,7-8,19-21H,2,5-6,9-17H2/t20-,21+,24?. The summed E-state index contributed by atoms with van der Waals surface area (Å²) in [5.41, 5.74) is 0.597. The molecule has 0 N–H and O–H groups in total. The van der Waals surface area contributed by atoms with Gasteiger partial charge in [0.25, 0.3) is 0 Å². The van der Waals surface area contributed by atoms with E-state index < -0.39 is 5.60 Å². The molecule has 2 bridgehead atoms. The Hall–Kier alpha value is -2.24. The van der Waals surface area contributed by atoms with Crippen LogP contribution in [0.3, 0.4) is 0 Å². The van der Waals surface area contributed by atoms with E-state index in [1.54, 1.807) is 0 Å². The van der Waals surface area contributed by atoms with Crippen LogP contribution in [0.2, 0.25) is 0 Å². The largest absolute Gasteiger partial charge is 0.445 e. The average Bonchev–Trinajstić information content (AvgIpc) is 3.05. The van der Waals surface area contributed by atoms with Gasteiger partial charge in [0.05, 0.1) is 0 Å². The Labute approximate surface area is 178 Å². The van der Waals surface area contributed by atoms with Gasteiger partial charge in [-0.1, -0.05) is 49.6 Å². The quantitative estimate of drug-likeness (QED) is 0.711. The van der Waals surface area contributed by atoms with Gasteiger partial charge in [0, 0.05) is 43.9 Å². The maximum Gasteiger partial charge on any atom is 0.410 e. The van der Waals surface area contributed by atoms with Crippen LogP contribution in [-0.4, -0.2) is 52.3 Å². The molecule has 5 rings (SSSR count). The molecule has 3 saturated heterocycles. The molecule has 0 aromatic heterocycles. The minimum Gasteiger partial charge on any atom is -0.445 e. The Kier molecular flexibility index (Phi) is 5.34. The molecule has 1 spiro atoms. The number of hydrogen-bond acceptors (Lipinski definition) is 4. The van der Waals surface area contributed by atoms with Crippen molar-refractivity contribution in [2.45, 2.75) is 94.5 Å². The highest BCUT2D eigenvalue weighted by Gasteiger charge is 2.54. The fourth-order valence-corrected chi connectivity index (χ4v) is 6.12. The number of nitrogens with zero attached hydrogens (tertiary/aromatic N) is 2. The summed E-state index contributed by atoms with van der Waals surface area (Å²) in [5, 5.41) is 0. The first-order valence-electron chi connectivity index (χ1n) is 11.6. The summed E-state index contributed by atoms with van der Waals surface area (Å²) in [6, 6.07) is 10.4. The molecule has 1 aliphatic carbocycles. The highest BCUT2D eigenvalue weighted by Crippen LogP contribution is 2.46. The van der Waals surface area contributed by atoms with Crippen LogP contribution in [-0.2, 0) is 16.1 Å². The number of hydrogen-bond donors (Lipinski definition) is 0. The van der Waals surface area contributed by atoms with Gasteiger partial charge >= 0.3 is 12.2 Å². The highest BCUT2D eigenvalue weighted by molar-refractivity contribution is 5.71. The van der Waals surface area contributed by atoms with Crippen molar-refractivity contribution >= 4 is 12.2 Å². The molecule has 0 radical (unpaired) electrons. The first-order valence-corrected chi connectivity index (χ1v) is 11.6. The van der Waals surface area contributed by atoms with Gasteiger partial charge in [0.1, 0.15) is 12.2 Å². The summed E-state index contributed by atoms with van der Waals surface area (Å²) in [5.74, 6) is 0. The van der Waals surface area contributed by atoms with Crippen molar-refractivity contribution < 1.29 is 19.1 Å². The molecular formula is C24H32N2O4. The van der Waals surface area contributed by atoms with Crippen LogP contribution in [0, 0.1) is 0 Å². The smallest absolute Gasteiger partial charge is 0.410 e. The van der Waals surface area contributed by atoms with Crippen molar-refractivity contribution in [2.75, 3.05) is 6.54 Å². The van der Waals surface area contributed by atoms with Gasteiger partial charge in [-0.3, -0.25) is 0 Å². The Morgan fingerprint density at radius 3 is 2.37 bits per heavy atom. The number of amides is 2. The van der Waals surface area contributed by atoms with Gasteiger partial charge in [-0.05, 0) is 31.2 Å². The fourth-order valence-electron chi connectivity index (χ4n) is 6.12. The number of carbonyl (C=O) groups is 2. The third kappa shape index (κ3) is 3.77. The van der Waals surface area contributed by atoms with Crippen LogP contribution in [0.15, 0.2) is 30.3 Å². The molecular weight excluding hydrogens is 380 g/mol. The van der Waals surface area contributed by atoms with Gasteiger partial charge in [-0.15, -0.1) is 0 Å². The maximum atomic E-state index is 12.9. The van der Waals surface area contributed by atoms with Crippen molar-refractivity contribution in [2.24, 2.45) is 0 Å². The van der Waals surface area contributed by atoms with E-state index in [2.05, 4.69) is 0 Å². The van der Waals surface area contributed by atoms with Gasteiger partial charge in [-0.2, -0.15) is 0 Å². The first-order chi connectivity index (χ1) is 14.6. The van der Waals surface area contributed by atoms with Crippen molar-refractivity contribution in [3.05, 3.63) is 35.9 Å². The number of rotatable bonds is 3. The van der Waals surface area contributed by atoms with E-state index in [1.165, 1.54) is 19.3 Å². The molecule has 3 atom stereocenters. The predicted octanol–water partition coefficient (Wildman–Crippen LogP) is 4.86. The zero-order chi connectivity index (χ0) is 20.6. The Balaban J connectivity index is 1.20. The first kappa shape index (κ1) is 19.7. The van der Waals surface area contributed by atoms with E-state index in [4.69, 9.17) is 9.47 Å². The Morgan fingerprint density at radius 2 is 1.70 bits per heavy atom. The van der Waals surface area contributed by atoms with Gasteiger partial charge in [-0.25, -0.2) is 9.59 Å². The SMILES string of the molecule is O=C1OC2(CCN1C1CCCCC1)C[C@H]1CC[C@@H](C2)N1C(=O)OCc1ccccc1. The highest BCUT2D eigenvalue weighted by atomic mass is 16.6. The molecule has 4 fully saturated rings. The monoisotopic (exact) mass is 412 g/mol. The molecule has 1 saturated carbocycles. The van der Waals surface area contributed by atoms with Crippen LogP contribution in [0.4, 0.5) is 9.59 Å². The van der Waals surface area contributed by atoms with E-state index in [1.807, 2.05) is 40.1 Å². The van der Waals surface area contributed by atoms with Gasteiger partial charge < -0.3 is 19.3 Å². The summed E-state index contributed by atoms with van der Waals surface area (Å²) in [6.45, 7) is 1.09. The second-order valence-corrected chi connectivity index (χ2v) is 9.53. The normalized spacial score (nSPS) is 31.7. The molecule has 3 aliphatic heterocycles. The van der Waals surface area contributed by atoms with Crippen molar-refractivity contribution in [3.63, 3.8) is 0 Å². The molecule has 1 aromatic carbocycles. The lowest BCUT2D eigenvalue weighted by Crippen LogP contribution is -2.60. The van der Waals surface area contributed by atoms with Crippen LogP contribution in [0.25, 0.3) is 0 Å². The zero-order valence-corrected chi connectivity index (χ0v) is 17.6. The van der Waals surface area contributed by atoms with Crippen LogP contribution < -0.4 is 0 Å². The topological polar surface area (TPSA) is 59.1 Å². The molecule has 162 valence electrons. The third-order valence-corrected chi connectivity index (χ3v) is 7.61. The minimum atomic E-state index is -0.399.